The van der Waals surface area contributed by atoms with E-state index in [9.17, 15) is 14.7 Å². The molecule has 0 unspecified atom stereocenters. The number of hydrogen-bond donors (Lipinski definition) is 1. The lowest BCUT2D eigenvalue weighted by Gasteiger charge is -2.21. The maximum Gasteiger partial charge on any atom is 0.282 e. The van der Waals surface area contributed by atoms with Crippen molar-refractivity contribution in [1.29, 1.82) is 0 Å². The predicted molar refractivity (Wildman–Crippen MR) is 113 cm³/mol. The van der Waals surface area contributed by atoms with Crippen molar-refractivity contribution in [3.63, 3.8) is 0 Å². The minimum Gasteiger partial charge on any atom is -0.495 e. The molecule has 2 aromatic carbocycles. The highest BCUT2D eigenvalue weighted by molar-refractivity contribution is 6.46. The normalized spacial score (nSPS) is 14.1. The van der Waals surface area contributed by atoms with Gasteiger partial charge in [-0.05, 0) is 48.7 Å². The van der Waals surface area contributed by atoms with Gasteiger partial charge in [-0.2, -0.15) is 0 Å². The van der Waals surface area contributed by atoms with Gasteiger partial charge in [-0.15, -0.1) is 0 Å². The first-order valence-corrected chi connectivity index (χ1v) is 9.54. The number of rotatable bonds is 6. The summed E-state index contributed by atoms with van der Waals surface area (Å²) in [5.41, 5.74) is 3.55. The maximum atomic E-state index is 13.5. The van der Waals surface area contributed by atoms with Crippen LogP contribution >= 0.6 is 11.6 Å². The summed E-state index contributed by atoms with van der Waals surface area (Å²) in [7, 11) is 3.14. The van der Waals surface area contributed by atoms with Gasteiger partial charge in [0, 0.05) is 18.6 Å². The largest absolute Gasteiger partial charge is 0.495 e. The molecule has 0 spiro atoms. The Morgan fingerprint density at radius 2 is 1.79 bits per heavy atom. The molecule has 2 aromatic rings. The van der Waals surface area contributed by atoms with Crippen molar-refractivity contribution in [2.75, 3.05) is 32.2 Å². The fourth-order valence-electron chi connectivity index (χ4n) is 3.35. The summed E-state index contributed by atoms with van der Waals surface area (Å²) in [6.45, 7) is 4.00. The summed E-state index contributed by atoms with van der Waals surface area (Å²) in [5.74, 6) is -0.583. The van der Waals surface area contributed by atoms with Gasteiger partial charge < -0.3 is 14.7 Å². The highest BCUT2D eigenvalue weighted by Gasteiger charge is 2.42. The van der Waals surface area contributed by atoms with Gasteiger partial charge in [0.2, 0.25) is 0 Å². The summed E-state index contributed by atoms with van der Waals surface area (Å²) < 4.78 is 5.35. The van der Waals surface area contributed by atoms with Crippen molar-refractivity contribution >= 4 is 34.7 Å². The average molecular weight is 415 g/mol. The van der Waals surface area contributed by atoms with E-state index >= 15 is 0 Å². The molecule has 7 heteroatoms. The predicted octanol–water partition coefficient (Wildman–Crippen LogP) is 3.17. The number of amides is 2. The summed E-state index contributed by atoms with van der Waals surface area (Å²) in [6.07, 6.45) is 0. The standard InChI is InChI=1S/C22H23ClN2O4/c1-13-5-6-15(11-14(13)2)19-20(24(3)9-10-26)22(28)25(21(19)27)17-12-16(23)7-8-18(17)29-4/h5-8,11-12,26H,9-10H2,1-4H3. The third-order valence-electron chi connectivity index (χ3n) is 5.05. The monoisotopic (exact) mass is 414 g/mol. The Morgan fingerprint density at radius 3 is 2.41 bits per heavy atom. The number of aliphatic hydroxyl groups excluding tert-OH is 1. The molecular weight excluding hydrogens is 392 g/mol. The molecule has 2 amide bonds. The number of aliphatic hydroxyl groups is 1. The van der Waals surface area contributed by atoms with Gasteiger partial charge in [0.1, 0.15) is 11.4 Å². The number of aryl methyl sites for hydroxylation is 2. The highest BCUT2D eigenvalue weighted by Crippen LogP contribution is 2.39. The average Bonchev–Trinajstić information content (AvgIpc) is 2.94. The van der Waals surface area contributed by atoms with Crippen molar-refractivity contribution in [2.24, 2.45) is 0 Å². The second-order valence-corrected chi connectivity index (χ2v) is 7.37. The number of anilines is 1. The minimum atomic E-state index is -0.486. The van der Waals surface area contributed by atoms with Crippen molar-refractivity contribution in [1.82, 2.24) is 4.90 Å². The molecule has 0 bridgehead atoms. The molecule has 0 atom stereocenters. The highest BCUT2D eigenvalue weighted by atomic mass is 35.5. The van der Waals surface area contributed by atoms with Crippen LogP contribution < -0.4 is 9.64 Å². The summed E-state index contributed by atoms with van der Waals surface area (Å²) in [4.78, 5) is 29.5. The Morgan fingerprint density at radius 1 is 1.07 bits per heavy atom. The number of ether oxygens (including phenoxy) is 1. The molecular formula is C22H23ClN2O4. The Hall–Kier alpha value is -2.83. The van der Waals surface area contributed by atoms with Crippen LogP contribution in [0, 0.1) is 13.8 Å². The van der Waals surface area contributed by atoms with E-state index in [0.29, 0.717) is 16.3 Å². The number of nitrogens with zero attached hydrogens (tertiary/aromatic N) is 2. The van der Waals surface area contributed by atoms with Crippen molar-refractivity contribution in [2.45, 2.75) is 13.8 Å². The molecule has 152 valence electrons. The third-order valence-corrected chi connectivity index (χ3v) is 5.29. The number of carbonyl (C=O) groups excluding carboxylic acids is 2. The zero-order valence-electron chi connectivity index (χ0n) is 16.8. The van der Waals surface area contributed by atoms with Crippen LogP contribution in [0.4, 0.5) is 5.69 Å². The van der Waals surface area contributed by atoms with Crippen molar-refractivity contribution in [3.8, 4) is 5.75 Å². The van der Waals surface area contributed by atoms with Crippen LogP contribution in [0.25, 0.3) is 5.57 Å². The van der Waals surface area contributed by atoms with Crippen LogP contribution in [-0.4, -0.2) is 49.1 Å². The SMILES string of the molecule is COc1ccc(Cl)cc1N1C(=O)C(c2ccc(C)c(C)c2)=C(N(C)CCO)C1=O. The minimum absolute atomic E-state index is 0.151. The van der Waals surface area contributed by atoms with Crippen LogP contribution in [0.5, 0.6) is 5.75 Å². The number of benzene rings is 2. The molecule has 6 nitrogen and oxygen atoms in total. The molecule has 0 saturated carbocycles. The number of likely N-dealkylation sites (N-methyl/N-ethyl adjacent to an activating group) is 1. The molecule has 29 heavy (non-hydrogen) atoms. The Kier molecular flexibility index (Phi) is 5.96. The van der Waals surface area contributed by atoms with Gasteiger partial charge in [0.15, 0.2) is 0 Å². The Labute approximate surface area is 174 Å². The van der Waals surface area contributed by atoms with E-state index in [1.807, 2.05) is 32.0 Å². The van der Waals surface area contributed by atoms with E-state index in [1.54, 1.807) is 24.1 Å². The van der Waals surface area contributed by atoms with Gasteiger partial charge in [-0.3, -0.25) is 9.59 Å². The first-order valence-electron chi connectivity index (χ1n) is 9.16. The van der Waals surface area contributed by atoms with Crippen LogP contribution in [0.1, 0.15) is 16.7 Å². The second kappa shape index (κ2) is 8.27. The molecule has 0 aliphatic carbocycles. The Bertz CT molecular complexity index is 1020. The second-order valence-electron chi connectivity index (χ2n) is 6.93. The number of halogens is 1. The number of methoxy groups -OCH3 is 1. The number of imide groups is 1. The molecule has 0 saturated heterocycles. The fourth-order valence-corrected chi connectivity index (χ4v) is 3.51. The fraction of sp³-hybridized carbons (Fsp3) is 0.273. The molecule has 1 N–H and O–H groups in total. The van der Waals surface area contributed by atoms with E-state index in [2.05, 4.69) is 0 Å². The topological polar surface area (TPSA) is 70.1 Å². The van der Waals surface area contributed by atoms with Gasteiger partial charge in [-0.25, -0.2) is 4.90 Å². The van der Waals surface area contributed by atoms with Crippen LogP contribution in [0.15, 0.2) is 42.1 Å². The van der Waals surface area contributed by atoms with E-state index in [-0.39, 0.29) is 30.1 Å². The number of hydrogen-bond acceptors (Lipinski definition) is 5. The molecule has 0 aromatic heterocycles. The van der Waals surface area contributed by atoms with Gasteiger partial charge in [0.05, 0.1) is 25.0 Å². The lowest BCUT2D eigenvalue weighted by molar-refractivity contribution is -0.120. The van der Waals surface area contributed by atoms with Crippen LogP contribution in [0.3, 0.4) is 0 Å². The van der Waals surface area contributed by atoms with E-state index in [0.717, 1.165) is 16.0 Å². The molecule has 0 radical (unpaired) electrons. The summed E-state index contributed by atoms with van der Waals surface area (Å²) >= 11 is 6.13. The van der Waals surface area contributed by atoms with Gasteiger partial charge in [-0.1, -0.05) is 29.8 Å². The smallest absolute Gasteiger partial charge is 0.282 e. The van der Waals surface area contributed by atoms with Crippen molar-refractivity contribution < 1.29 is 19.4 Å². The first kappa shape index (κ1) is 20.9. The van der Waals surface area contributed by atoms with E-state index in [1.165, 1.54) is 13.2 Å². The number of carbonyl (C=O) groups is 2. The third kappa shape index (κ3) is 3.73. The molecule has 3 rings (SSSR count). The van der Waals surface area contributed by atoms with E-state index < -0.39 is 11.8 Å². The quantitative estimate of drug-likeness (QED) is 0.735. The molecule has 1 aliphatic rings. The lowest BCUT2D eigenvalue weighted by Crippen LogP contribution is -2.35. The van der Waals surface area contributed by atoms with Crippen LogP contribution in [0.2, 0.25) is 5.02 Å². The Balaban J connectivity index is 2.20. The van der Waals surface area contributed by atoms with Crippen molar-refractivity contribution in [3.05, 3.63) is 63.8 Å². The molecule has 0 fully saturated rings. The molecule has 1 aliphatic heterocycles. The maximum absolute atomic E-state index is 13.5. The lowest BCUT2D eigenvalue weighted by atomic mass is 9.99. The molecule has 1 heterocycles. The zero-order valence-corrected chi connectivity index (χ0v) is 17.6. The van der Waals surface area contributed by atoms with E-state index in [4.69, 9.17) is 16.3 Å². The van der Waals surface area contributed by atoms with Gasteiger partial charge >= 0.3 is 0 Å². The zero-order chi connectivity index (χ0) is 21.3. The summed E-state index contributed by atoms with van der Waals surface area (Å²) in [5, 5.41) is 9.76. The van der Waals surface area contributed by atoms with Gasteiger partial charge in [0.25, 0.3) is 11.8 Å². The summed E-state index contributed by atoms with van der Waals surface area (Å²) in [6, 6.07) is 10.4. The van der Waals surface area contributed by atoms with Crippen LogP contribution in [-0.2, 0) is 9.59 Å². The first-order chi connectivity index (χ1) is 13.8.